The van der Waals surface area contributed by atoms with Crippen molar-refractivity contribution in [3.05, 3.63) is 96.1 Å². The predicted octanol–water partition coefficient (Wildman–Crippen LogP) is 4.87. The number of fused-ring (bicyclic) bond motifs is 1. The molecule has 0 N–H and O–H groups in total. The molecule has 124 valence electrons. The molecule has 0 aliphatic rings. The lowest BCUT2D eigenvalue weighted by Gasteiger charge is -2.20. The highest BCUT2D eigenvalue weighted by molar-refractivity contribution is 5.91. The van der Waals surface area contributed by atoms with Crippen LogP contribution >= 0.6 is 0 Å². The Bertz CT molecular complexity index is 938. The Morgan fingerprint density at radius 2 is 1.68 bits per heavy atom. The highest BCUT2D eigenvalue weighted by Crippen LogP contribution is 2.22. The van der Waals surface area contributed by atoms with Gasteiger partial charge in [0, 0.05) is 11.9 Å². The first-order chi connectivity index (χ1) is 12.3. The smallest absolute Gasteiger partial charge is 0.290 e. The standard InChI is InChI=1S/C21H17NO3/c23-21(20-11-6-12-24-20)22(14-16-7-2-1-3-8-16)15-18-13-17-9-4-5-10-19(17)25-18/h1-13H,14-15H2. The van der Waals surface area contributed by atoms with Crippen LogP contribution in [0.5, 0.6) is 0 Å². The van der Waals surface area contributed by atoms with E-state index in [1.807, 2.05) is 60.7 Å². The molecule has 0 unspecified atom stereocenters. The number of para-hydroxylation sites is 1. The van der Waals surface area contributed by atoms with Gasteiger partial charge in [-0.05, 0) is 29.8 Å². The summed E-state index contributed by atoms with van der Waals surface area (Å²) in [5, 5.41) is 1.03. The van der Waals surface area contributed by atoms with Crippen molar-refractivity contribution < 1.29 is 13.6 Å². The highest BCUT2D eigenvalue weighted by atomic mass is 16.3. The number of carbonyl (C=O) groups excluding carboxylic acids is 1. The quantitative estimate of drug-likeness (QED) is 0.524. The van der Waals surface area contributed by atoms with Crippen LogP contribution < -0.4 is 0 Å². The van der Waals surface area contributed by atoms with Gasteiger partial charge in [0.15, 0.2) is 5.76 Å². The predicted molar refractivity (Wildman–Crippen MR) is 94.9 cm³/mol. The maximum absolute atomic E-state index is 12.8. The largest absolute Gasteiger partial charge is 0.459 e. The van der Waals surface area contributed by atoms with Crippen LogP contribution in [0.15, 0.2) is 87.9 Å². The van der Waals surface area contributed by atoms with Gasteiger partial charge >= 0.3 is 0 Å². The van der Waals surface area contributed by atoms with Gasteiger partial charge in [0.25, 0.3) is 5.91 Å². The zero-order chi connectivity index (χ0) is 17.1. The summed E-state index contributed by atoms with van der Waals surface area (Å²) < 4.78 is 11.2. The molecule has 0 spiro atoms. The molecule has 2 aromatic heterocycles. The monoisotopic (exact) mass is 331 g/mol. The molecule has 0 saturated heterocycles. The topological polar surface area (TPSA) is 46.6 Å². The number of hydrogen-bond donors (Lipinski definition) is 0. The van der Waals surface area contributed by atoms with Gasteiger partial charge in [0.2, 0.25) is 0 Å². The highest BCUT2D eigenvalue weighted by Gasteiger charge is 2.20. The summed E-state index contributed by atoms with van der Waals surface area (Å²) in [7, 11) is 0. The van der Waals surface area contributed by atoms with Crippen LogP contribution in [0, 0.1) is 0 Å². The molecule has 0 radical (unpaired) electrons. The number of nitrogens with zero attached hydrogens (tertiary/aromatic N) is 1. The summed E-state index contributed by atoms with van der Waals surface area (Å²) >= 11 is 0. The van der Waals surface area contributed by atoms with Crippen molar-refractivity contribution in [2.24, 2.45) is 0 Å². The molecule has 0 atom stereocenters. The molecule has 0 fully saturated rings. The Hall–Kier alpha value is -3.27. The number of carbonyl (C=O) groups is 1. The lowest BCUT2D eigenvalue weighted by molar-refractivity contribution is 0.0686. The first-order valence-corrected chi connectivity index (χ1v) is 8.14. The SMILES string of the molecule is O=C(c1ccco1)N(Cc1ccccc1)Cc1cc2ccccc2o1. The molecule has 25 heavy (non-hydrogen) atoms. The summed E-state index contributed by atoms with van der Waals surface area (Å²) in [4.78, 5) is 14.5. The first-order valence-electron chi connectivity index (χ1n) is 8.14. The van der Waals surface area contributed by atoms with Crippen LogP contribution in [0.3, 0.4) is 0 Å². The fraction of sp³-hybridized carbons (Fsp3) is 0.0952. The fourth-order valence-corrected chi connectivity index (χ4v) is 2.86. The average Bonchev–Trinajstić information content (AvgIpc) is 3.31. The molecule has 0 saturated carbocycles. The second-order valence-electron chi connectivity index (χ2n) is 5.87. The second kappa shape index (κ2) is 6.69. The maximum Gasteiger partial charge on any atom is 0.290 e. The van der Waals surface area contributed by atoms with Crippen molar-refractivity contribution in [2.75, 3.05) is 0 Å². The summed E-state index contributed by atoms with van der Waals surface area (Å²) in [6.45, 7) is 0.862. The Morgan fingerprint density at radius 1 is 0.880 bits per heavy atom. The van der Waals surface area contributed by atoms with E-state index in [9.17, 15) is 4.79 Å². The van der Waals surface area contributed by atoms with Gasteiger partial charge in [-0.25, -0.2) is 0 Å². The number of benzene rings is 2. The number of amides is 1. The van der Waals surface area contributed by atoms with E-state index < -0.39 is 0 Å². The van der Waals surface area contributed by atoms with E-state index in [-0.39, 0.29) is 5.91 Å². The normalized spacial score (nSPS) is 10.9. The lowest BCUT2D eigenvalue weighted by Crippen LogP contribution is -2.29. The van der Waals surface area contributed by atoms with Crippen molar-refractivity contribution in [3.63, 3.8) is 0 Å². The number of rotatable bonds is 5. The molecule has 0 bridgehead atoms. The van der Waals surface area contributed by atoms with Crippen LogP contribution in [0.25, 0.3) is 11.0 Å². The van der Waals surface area contributed by atoms with Crippen molar-refractivity contribution in [1.29, 1.82) is 0 Å². The molecule has 2 aromatic carbocycles. The van der Waals surface area contributed by atoms with Gasteiger partial charge in [-0.1, -0.05) is 48.5 Å². The zero-order valence-corrected chi connectivity index (χ0v) is 13.6. The Kier molecular flexibility index (Phi) is 4.09. The van der Waals surface area contributed by atoms with Crippen molar-refractivity contribution in [1.82, 2.24) is 4.90 Å². The van der Waals surface area contributed by atoms with Crippen LogP contribution in [0.4, 0.5) is 0 Å². The van der Waals surface area contributed by atoms with Gasteiger partial charge in [0.1, 0.15) is 11.3 Å². The summed E-state index contributed by atoms with van der Waals surface area (Å²) in [6.07, 6.45) is 1.51. The Balaban J connectivity index is 1.63. The van der Waals surface area contributed by atoms with Crippen LogP contribution in [0.2, 0.25) is 0 Å². The van der Waals surface area contributed by atoms with Crippen LogP contribution in [0.1, 0.15) is 21.9 Å². The minimum absolute atomic E-state index is 0.158. The van der Waals surface area contributed by atoms with E-state index >= 15 is 0 Å². The molecular formula is C21H17NO3. The third-order valence-electron chi connectivity index (χ3n) is 4.06. The lowest BCUT2D eigenvalue weighted by atomic mass is 10.2. The molecule has 4 aromatic rings. The van der Waals surface area contributed by atoms with E-state index in [0.717, 1.165) is 22.3 Å². The Labute approximate surface area is 145 Å². The van der Waals surface area contributed by atoms with Crippen LogP contribution in [-0.2, 0) is 13.1 Å². The van der Waals surface area contributed by atoms with Crippen molar-refractivity contribution >= 4 is 16.9 Å². The van der Waals surface area contributed by atoms with Gasteiger partial charge in [0.05, 0.1) is 12.8 Å². The minimum Gasteiger partial charge on any atom is -0.459 e. The molecule has 4 heteroatoms. The summed E-state index contributed by atoms with van der Waals surface area (Å²) in [6, 6.07) is 23.1. The van der Waals surface area contributed by atoms with E-state index in [0.29, 0.717) is 18.8 Å². The van der Waals surface area contributed by atoms with Crippen molar-refractivity contribution in [3.8, 4) is 0 Å². The third-order valence-corrected chi connectivity index (χ3v) is 4.06. The third kappa shape index (κ3) is 3.33. The van der Waals surface area contributed by atoms with E-state index in [4.69, 9.17) is 8.83 Å². The molecule has 1 amide bonds. The molecule has 0 aliphatic heterocycles. The number of hydrogen-bond acceptors (Lipinski definition) is 3. The van der Waals surface area contributed by atoms with Gasteiger partial charge < -0.3 is 13.7 Å². The van der Waals surface area contributed by atoms with Gasteiger partial charge in [-0.15, -0.1) is 0 Å². The minimum atomic E-state index is -0.158. The summed E-state index contributed by atoms with van der Waals surface area (Å²) in [5.41, 5.74) is 1.88. The fourth-order valence-electron chi connectivity index (χ4n) is 2.86. The second-order valence-corrected chi connectivity index (χ2v) is 5.87. The molecular weight excluding hydrogens is 314 g/mol. The molecule has 2 heterocycles. The number of furan rings is 2. The van der Waals surface area contributed by atoms with Crippen molar-refractivity contribution in [2.45, 2.75) is 13.1 Å². The van der Waals surface area contributed by atoms with E-state index in [1.54, 1.807) is 17.0 Å². The van der Waals surface area contributed by atoms with E-state index in [1.165, 1.54) is 6.26 Å². The first kappa shape index (κ1) is 15.3. The summed E-state index contributed by atoms with van der Waals surface area (Å²) in [5.74, 6) is 0.915. The van der Waals surface area contributed by atoms with Crippen LogP contribution in [-0.4, -0.2) is 10.8 Å². The molecule has 4 rings (SSSR count). The zero-order valence-electron chi connectivity index (χ0n) is 13.6. The van der Waals surface area contributed by atoms with E-state index in [2.05, 4.69) is 0 Å². The Morgan fingerprint density at radius 3 is 2.44 bits per heavy atom. The molecule has 0 aliphatic carbocycles. The van der Waals surface area contributed by atoms with Gasteiger partial charge in [-0.3, -0.25) is 4.79 Å². The average molecular weight is 331 g/mol. The molecule has 4 nitrogen and oxygen atoms in total. The maximum atomic E-state index is 12.8. The van der Waals surface area contributed by atoms with Gasteiger partial charge in [-0.2, -0.15) is 0 Å².